The second-order valence-electron chi connectivity index (χ2n) is 14.1. The van der Waals surface area contributed by atoms with Crippen LogP contribution in [0.3, 0.4) is 0 Å². The first kappa shape index (κ1) is 34.6. The quantitative estimate of drug-likeness (QED) is 0.154. The molecule has 58 heavy (non-hydrogen) atoms. The number of aromatic nitrogens is 8. The molecule has 0 saturated heterocycles. The Morgan fingerprint density at radius 2 is 1.12 bits per heavy atom. The van der Waals surface area contributed by atoms with E-state index in [0.29, 0.717) is 38.5 Å². The van der Waals surface area contributed by atoms with Crippen molar-refractivity contribution in [1.29, 1.82) is 0 Å². The molecule has 0 atom stereocenters. The summed E-state index contributed by atoms with van der Waals surface area (Å²) in [6.45, 7) is 0.0565. The smallest absolute Gasteiger partial charge is 0.261 e. The first-order valence-corrected chi connectivity index (χ1v) is 18.4. The number of hydrogen-bond acceptors (Lipinski definition) is 7. The molecule has 10 rings (SSSR count). The summed E-state index contributed by atoms with van der Waals surface area (Å²) in [4.78, 5) is 48.2. The van der Waals surface area contributed by atoms with Crippen molar-refractivity contribution >= 4 is 43.5 Å². The van der Waals surface area contributed by atoms with E-state index in [-0.39, 0.29) is 24.2 Å². The highest BCUT2D eigenvalue weighted by Crippen LogP contribution is 2.28. The van der Waals surface area contributed by atoms with E-state index < -0.39 is 11.6 Å². The van der Waals surface area contributed by atoms with Gasteiger partial charge in [-0.15, -0.1) is 0 Å². The minimum atomic E-state index is -0.442. The molecular formula is C46H29F2N8O2+. The van der Waals surface area contributed by atoms with E-state index in [1.165, 1.54) is 46.3 Å². The number of nitrogens with zero attached hydrogens (tertiary/aromatic N) is 8. The van der Waals surface area contributed by atoms with Crippen LogP contribution in [0.15, 0.2) is 163 Å². The van der Waals surface area contributed by atoms with Crippen LogP contribution in [0.5, 0.6) is 0 Å². The van der Waals surface area contributed by atoms with Crippen LogP contribution in [0.2, 0.25) is 0 Å². The molecule has 6 heterocycles. The molecule has 278 valence electrons. The third kappa shape index (κ3) is 6.32. The Morgan fingerprint density at radius 1 is 0.517 bits per heavy atom. The molecule has 6 aromatic heterocycles. The third-order valence-corrected chi connectivity index (χ3v) is 10.5. The minimum Gasteiger partial charge on any atom is -0.294 e. The summed E-state index contributed by atoms with van der Waals surface area (Å²) < 4.78 is 35.5. The van der Waals surface area contributed by atoms with Gasteiger partial charge < -0.3 is 0 Å². The molecule has 0 fully saturated rings. The van der Waals surface area contributed by atoms with E-state index in [9.17, 15) is 9.59 Å². The maximum absolute atomic E-state index is 15.5. The van der Waals surface area contributed by atoms with E-state index in [0.717, 1.165) is 44.1 Å². The third-order valence-electron chi connectivity index (χ3n) is 10.5. The lowest BCUT2D eigenvalue weighted by atomic mass is 10.0. The van der Waals surface area contributed by atoms with E-state index in [1.807, 2.05) is 65.2 Å². The number of pyridine rings is 4. The zero-order chi connectivity index (χ0) is 39.3. The van der Waals surface area contributed by atoms with E-state index in [4.69, 9.17) is 0 Å². The Morgan fingerprint density at radius 3 is 1.84 bits per heavy atom. The van der Waals surface area contributed by atoms with Crippen LogP contribution in [0.25, 0.3) is 71.4 Å². The molecule has 10 aromatic rings. The van der Waals surface area contributed by atoms with Gasteiger partial charge in [-0.3, -0.25) is 28.7 Å². The molecule has 0 bridgehead atoms. The maximum atomic E-state index is 15.5. The zero-order valence-corrected chi connectivity index (χ0v) is 30.5. The fraction of sp³-hybridized carbons (Fsp3) is 0.0435. The van der Waals surface area contributed by atoms with Gasteiger partial charge in [-0.25, -0.2) is 23.7 Å². The lowest BCUT2D eigenvalue weighted by molar-refractivity contribution is -0.594. The van der Waals surface area contributed by atoms with Crippen molar-refractivity contribution in [3.63, 3.8) is 0 Å². The van der Waals surface area contributed by atoms with Crippen molar-refractivity contribution in [2.45, 2.75) is 13.1 Å². The van der Waals surface area contributed by atoms with Crippen molar-refractivity contribution in [1.82, 2.24) is 34.1 Å². The molecule has 0 aliphatic heterocycles. The van der Waals surface area contributed by atoms with Crippen LogP contribution < -0.4 is 15.7 Å². The number of rotatable bonds is 7. The lowest BCUT2D eigenvalue weighted by Crippen LogP contribution is -2.31. The molecule has 0 amide bonds. The predicted molar refractivity (Wildman–Crippen MR) is 217 cm³/mol. The van der Waals surface area contributed by atoms with Crippen LogP contribution >= 0.6 is 0 Å². The molecule has 12 heteroatoms. The summed E-state index contributed by atoms with van der Waals surface area (Å²) in [6, 6.07) is 28.8. The summed E-state index contributed by atoms with van der Waals surface area (Å²) >= 11 is 0. The van der Waals surface area contributed by atoms with Crippen molar-refractivity contribution in [3.05, 3.63) is 197 Å². The summed E-state index contributed by atoms with van der Waals surface area (Å²) in [5.74, 6) is -0.854. The molecule has 0 aliphatic rings. The Balaban J connectivity index is 0.888. The molecule has 4 aromatic carbocycles. The van der Waals surface area contributed by atoms with Crippen molar-refractivity contribution in [3.8, 4) is 27.9 Å². The molecule has 0 N–H and O–H groups in total. The predicted octanol–water partition coefficient (Wildman–Crippen LogP) is 7.58. The monoisotopic (exact) mass is 763 g/mol. The zero-order valence-electron chi connectivity index (χ0n) is 30.5. The molecule has 10 nitrogen and oxygen atoms in total. The highest BCUT2D eigenvalue weighted by molar-refractivity contribution is 5.87. The normalized spacial score (nSPS) is 11.6. The van der Waals surface area contributed by atoms with Gasteiger partial charge in [-0.2, -0.15) is 4.57 Å². The van der Waals surface area contributed by atoms with Gasteiger partial charge >= 0.3 is 0 Å². The largest absolute Gasteiger partial charge is 0.294 e. The van der Waals surface area contributed by atoms with Gasteiger partial charge in [-0.1, -0.05) is 42.5 Å². The second kappa shape index (κ2) is 14.0. The number of halogens is 2. The average Bonchev–Trinajstić information content (AvgIpc) is 3.26. The van der Waals surface area contributed by atoms with Crippen LogP contribution in [0, 0.1) is 11.6 Å². The van der Waals surface area contributed by atoms with Crippen LogP contribution in [0.4, 0.5) is 8.78 Å². The van der Waals surface area contributed by atoms with Gasteiger partial charge in [-0.05, 0) is 70.1 Å². The van der Waals surface area contributed by atoms with Crippen molar-refractivity contribution in [2.75, 3.05) is 0 Å². The Labute approximate surface area is 327 Å². The lowest BCUT2D eigenvalue weighted by Gasteiger charge is -2.10. The molecule has 0 spiro atoms. The van der Waals surface area contributed by atoms with E-state index in [2.05, 4.69) is 24.9 Å². The molecule has 0 aliphatic carbocycles. The Kier molecular flexibility index (Phi) is 8.37. The van der Waals surface area contributed by atoms with Crippen LogP contribution in [-0.2, 0) is 13.1 Å². The van der Waals surface area contributed by atoms with Crippen molar-refractivity contribution in [2.24, 2.45) is 0 Å². The number of hydrogen-bond donors (Lipinski definition) is 0. The highest BCUT2D eigenvalue weighted by atomic mass is 19.1. The van der Waals surface area contributed by atoms with Gasteiger partial charge in [0.1, 0.15) is 17.2 Å². The van der Waals surface area contributed by atoms with Crippen LogP contribution in [-0.4, -0.2) is 34.1 Å². The van der Waals surface area contributed by atoms with Gasteiger partial charge in [0.05, 0.1) is 59.9 Å². The topological polar surface area (TPSA) is 112 Å². The van der Waals surface area contributed by atoms with Gasteiger partial charge in [0.2, 0.25) is 11.9 Å². The standard InChI is InChI=1S/C46H29F2N8O2/c47-40-18-30(28-1-4-33-20-49-12-9-32(33)15-28)2-5-35(40)24-56-27-53-44-25-54(14-11-39(44)46(56)58)37-17-36-16-29(7-8-42(36)51-21-37)31-3-6-34(41(48)19-31)23-55-26-52-43-22-50-13-10-38(43)45(55)57/h1-22,25-27H,23-24H2/q+1. The van der Waals surface area contributed by atoms with Gasteiger partial charge in [0, 0.05) is 52.6 Å². The van der Waals surface area contributed by atoms with Crippen LogP contribution in [0.1, 0.15) is 11.1 Å². The number of benzene rings is 4. The fourth-order valence-corrected chi connectivity index (χ4v) is 7.28. The minimum absolute atomic E-state index is 0.0236. The average molecular weight is 764 g/mol. The van der Waals surface area contributed by atoms with Gasteiger partial charge in [0.25, 0.3) is 11.1 Å². The molecule has 0 saturated carbocycles. The molecular weight excluding hydrogens is 735 g/mol. The Bertz CT molecular complexity index is 3400. The van der Waals surface area contributed by atoms with E-state index in [1.54, 1.807) is 55.2 Å². The highest BCUT2D eigenvalue weighted by Gasteiger charge is 2.16. The first-order chi connectivity index (χ1) is 28.3. The number of fused-ring (bicyclic) bond motifs is 4. The SMILES string of the molecule is O=c1c2ccncc2ncn1Cc1ccc(-c2ccc3ncc(-[n+]4ccc5c(=O)n(Cc6ccc(-c7ccc8cnccc8c7)cc6F)cnc5c4)cc3c2)cc1F. The maximum Gasteiger partial charge on any atom is 0.261 e. The molecule has 0 radical (unpaired) electrons. The van der Waals surface area contributed by atoms with Crippen molar-refractivity contribution < 1.29 is 13.3 Å². The summed E-state index contributed by atoms with van der Waals surface area (Å²) in [5.41, 5.74) is 5.68. The fourth-order valence-electron chi connectivity index (χ4n) is 7.28. The van der Waals surface area contributed by atoms with Gasteiger partial charge in [0.15, 0.2) is 6.20 Å². The summed E-state index contributed by atoms with van der Waals surface area (Å²) in [6.07, 6.45) is 14.7. The molecule has 0 unspecified atom stereocenters. The van der Waals surface area contributed by atoms with E-state index >= 15 is 8.78 Å². The second-order valence-corrected chi connectivity index (χ2v) is 14.1. The summed E-state index contributed by atoms with van der Waals surface area (Å²) in [7, 11) is 0. The summed E-state index contributed by atoms with van der Waals surface area (Å²) in [5, 5.41) is 3.65. The Hall–Kier alpha value is -7.86. The first-order valence-electron chi connectivity index (χ1n) is 18.4.